The van der Waals surface area contributed by atoms with Gasteiger partial charge in [-0.1, -0.05) is 36.4 Å². The number of nitrogens with zero attached hydrogens (tertiary/aromatic N) is 4. The SMILES string of the molecule is O=C(CC1CC1)c1cccc(-c2nccnc2C2CN(c3ccc4ccccc4n3)C2)c1. The van der Waals surface area contributed by atoms with Gasteiger partial charge in [-0.2, -0.15) is 0 Å². The molecule has 0 radical (unpaired) electrons. The summed E-state index contributed by atoms with van der Waals surface area (Å²) in [6.07, 6.45) is 6.53. The number of carbonyl (C=O) groups is 1. The van der Waals surface area contributed by atoms with Gasteiger partial charge in [0.2, 0.25) is 0 Å². The molecule has 5 nitrogen and oxygen atoms in total. The molecule has 1 saturated heterocycles. The van der Waals surface area contributed by atoms with Crippen molar-refractivity contribution in [2.75, 3.05) is 18.0 Å². The fourth-order valence-corrected chi connectivity index (χ4v) is 4.48. The number of ketones is 1. The van der Waals surface area contributed by atoms with E-state index < -0.39 is 0 Å². The fraction of sp³-hybridized carbons (Fsp3) is 0.259. The number of para-hydroxylation sites is 1. The number of anilines is 1. The van der Waals surface area contributed by atoms with Crippen molar-refractivity contribution in [1.29, 1.82) is 0 Å². The highest BCUT2D eigenvalue weighted by Crippen LogP contribution is 2.36. The summed E-state index contributed by atoms with van der Waals surface area (Å²) in [7, 11) is 0. The maximum atomic E-state index is 12.6. The average Bonchev–Trinajstić information content (AvgIpc) is 3.62. The first-order chi connectivity index (χ1) is 15.7. The van der Waals surface area contributed by atoms with Crippen LogP contribution in [0.15, 0.2) is 73.1 Å². The van der Waals surface area contributed by atoms with Crippen LogP contribution in [0.4, 0.5) is 5.82 Å². The Kier molecular flexibility index (Phi) is 4.67. The molecule has 158 valence electrons. The normalized spacial score (nSPS) is 16.2. The highest BCUT2D eigenvalue weighted by atomic mass is 16.1. The zero-order valence-corrected chi connectivity index (χ0v) is 17.8. The van der Waals surface area contributed by atoms with Gasteiger partial charge in [0.15, 0.2) is 5.78 Å². The lowest BCUT2D eigenvalue weighted by molar-refractivity contribution is 0.0976. The Morgan fingerprint density at radius 2 is 1.78 bits per heavy atom. The van der Waals surface area contributed by atoms with Gasteiger partial charge >= 0.3 is 0 Å². The highest BCUT2D eigenvalue weighted by Gasteiger charge is 2.32. The van der Waals surface area contributed by atoms with Gasteiger partial charge in [0, 0.05) is 54.3 Å². The van der Waals surface area contributed by atoms with Gasteiger partial charge in [-0.15, -0.1) is 0 Å². The third-order valence-corrected chi connectivity index (χ3v) is 6.53. The minimum absolute atomic E-state index is 0.233. The van der Waals surface area contributed by atoms with Crippen LogP contribution in [0.1, 0.15) is 41.2 Å². The topological polar surface area (TPSA) is 59.0 Å². The van der Waals surface area contributed by atoms with Crippen LogP contribution in [0.5, 0.6) is 0 Å². The lowest BCUT2D eigenvalue weighted by Crippen LogP contribution is -2.46. The Hall–Kier alpha value is -3.60. The van der Waals surface area contributed by atoms with Crippen molar-refractivity contribution in [2.24, 2.45) is 5.92 Å². The summed E-state index contributed by atoms with van der Waals surface area (Å²) in [5.41, 5.74) is 4.64. The molecule has 32 heavy (non-hydrogen) atoms. The molecule has 4 aromatic rings. The van der Waals surface area contributed by atoms with Crippen molar-refractivity contribution in [1.82, 2.24) is 15.0 Å². The second kappa shape index (κ2) is 7.83. The predicted molar refractivity (Wildman–Crippen MR) is 126 cm³/mol. The van der Waals surface area contributed by atoms with Crippen LogP contribution >= 0.6 is 0 Å². The minimum atomic E-state index is 0.233. The number of benzene rings is 2. The molecule has 5 heteroatoms. The van der Waals surface area contributed by atoms with Gasteiger partial charge < -0.3 is 4.90 Å². The van der Waals surface area contributed by atoms with Gasteiger partial charge in [-0.3, -0.25) is 14.8 Å². The van der Waals surface area contributed by atoms with Gasteiger partial charge in [-0.25, -0.2) is 4.98 Å². The molecule has 0 unspecified atom stereocenters. The summed E-state index contributed by atoms with van der Waals surface area (Å²) in [6, 6.07) is 20.3. The van der Waals surface area contributed by atoms with E-state index in [2.05, 4.69) is 28.1 Å². The largest absolute Gasteiger partial charge is 0.355 e. The summed E-state index contributed by atoms with van der Waals surface area (Å²) in [4.78, 5) is 29.1. The van der Waals surface area contributed by atoms with Crippen LogP contribution in [0, 0.1) is 5.92 Å². The Labute approximate surface area is 187 Å². The molecule has 1 aliphatic carbocycles. The van der Waals surface area contributed by atoms with E-state index in [0.717, 1.165) is 52.3 Å². The second-order valence-electron chi connectivity index (χ2n) is 8.91. The molecular formula is C27H24N4O. The molecule has 2 fully saturated rings. The van der Waals surface area contributed by atoms with Gasteiger partial charge in [0.1, 0.15) is 5.82 Å². The van der Waals surface area contributed by atoms with Gasteiger partial charge in [0.05, 0.1) is 16.9 Å². The maximum absolute atomic E-state index is 12.6. The fourth-order valence-electron chi connectivity index (χ4n) is 4.48. The molecule has 0 atom stereocenters. The van der Waals surface area contributed by atoms with E-state index in [1.807, 2.05) is 42.5 Å². The molecule has 0 bridgehead atoms. The molecule has 1 aliphatic heterocycles. The van der Waals surface area contributed by atoms with E-state index in [-0.39, 0.29) is 11.7 Å². The van der Waals surface area contributed by atoms with E-state index >= 15 is 0 Å². The Morgan fingerprint density at radius 1 is 0.938 bits per heavy atom. The first kappa shape index (κ1) is 19.1. The van der Waals surface area contributed by atoms with E-state index in [0.29, 0.717) is 12.3 Å². The van der Waals surface area contributed by atoms with Crippen molar-refractivity contribution in [2.45, 2.75) is 25.2 Å². The zero-order chi connectivity index (χ0) is 21.5. The number of hydrogen-bond acceptors (Lipinski definition) is 5. The zero-order valence-electron chi connectivity index (χ0n) is 17.8. The number of hydrogen-bond donors (Lipinski definition) is 0. The molecule has 3 heterocycles. The van der Waals surface area contributed by atoms with Crippen LogP contribution in [-0.2, 0) is 0 Å². The summed E-state index contributed by atoms with van der Waals surface area (Å²) < 4.78 is 0. The molecule has 1 saturated carbocycles. The molecule has 2 aromatic heterocycles. The average molecular weight is 421 g/mol. The van der Waals surface area contributed by atoms with E-state index in [1.54, 1.807) is 12.4 Å². The van der Waals surface area contributed by atoms with Crippen LogP contribution in [0.2, 0.25) is 0 Å². The maximum Gasteiger partial charge on any atom is 0.163 e. The lowest BCUT2D eigenvalue weighted by Gasteiger charge is -2.40. The van der Waals surface area contributed by atoms with Crippen molar-refractivity contribution < 1.29 is 4.79 Å². The molecule has 6 rings (SSSR count). The van der Waals surface area contributed by atoms with E-state index in [9.17, 15) is 4.79 Å². The molecule has 2 aliphatic rings. The van der Waals surface area contributed by atoms with Crippen molar-refractivity contribution >= 4 is 22.5 Å². The summed E-state index contributed by atoms with van der Waals surface area (Å²) in [5, 5.41) is 1.15. The van der Waals surface area contributed by atoms with Gasteiger partial charge in [0.25, 0.3) is 0 Å². The second-order valence-corrected chi connectivity index (χ2v) is 8.91. The quantitative estimate of drug-likeness (QED) is 0.397. The molecule has 0 N–H and O–H groups in total. The van der Waals surface area contributed by atoms with E-state index in [4.69, 9.17) is 9.97 Å². The number of carbonyl (C=O) groups excluding carboxylic acids is 1. The first-order valence-electron chi connectivity index (χ1n) is 11.3. The Balaban J connectivity index is 1.23. The Morgan fingerprint density at radius 3 is 2.66 bits per heavy atom. The number of aromatic nitrogens is 3. The highest BCUT2D eigenvalue weighted by molar-refractivity contribution is 5.97. The number of pyridine rings is 1. The van der Waals surface area contributed by atoms with Crippen molar-refractivity contribution in [3.63, 3.8) is 0 Å². The molecular weight excluding hydrogens is 396 g/mol. The summed E-state index contributed by atoms with van der Waals surface area (Å²) in [5.74, 6) is 2.11. The number of Topliss-reactive ketones (excluding diaryl/α,β-unsaturated/α-hetero) is 1. The summed E-state index contributed by atoms with van der Waals surface area (Å²) in [6.45, 7) is 1.72. The van der Waals surface area contributed by atoms with Gasteiger partial charge in [-0.05, 0) is 43.0 Å². The number of fused-ring (bicyclic) bond motifs is 1. The lowest BCUT2D eigenvalue weighted by atomic mass is 9.91. The monoisotopic (exact) mass is 420 g/mol. The third-order valence-electron chi connectivity index (χ3n) is 6.53. The summed E-state index contributed by atoms with van der Waals surface area (Å²) >= 11 is 0. The first-order valence-corrected chi connectivity index (χ1v) is 11.3. The third kappa shape index (κ3) is 3.64. The smallest absolute Gasteiger partial charge is 0.163 e. The van der Waals surface area contributed by atoms with Crippen LogP contribution in [0.3, 0.4) is 0 Å². The van der Waals surface area contributed by atoms with E-state index in [1.165, 1.54) is 12.8 Å². The van der Waals surface area contributed by atoms with Crippen LogP contribution < -0.4 is 4.90 Å². The van der Waals surface area contributed by atoms with Crippen molar-refractivity contribution in [3.05, 3.63) is 84.3 Å². The van der Waals surface area contributed by atoms with Crippen LogP contribution in [-0.4, -0.2) is 33.8 Å². The van der Waals surface area contributed by atoms with Crippen LogP contribution in [0.25, 0.3) is 22.2 Å². The standard InChI is InChI=1S/C27H24N4O/c32-24(14-18-8-9-18)20-5-3-6-21(15-20)26-27(29-13-12-28-26)22-16-31(17-22)25-11-10-19-4-1-2-7-23(19)30-25/h1-7,10-13,15,18,22H,8-9,14,16-17H2. The molecule has 0 spiro atoms. The minimum Gasteiger partial charge on any atom is -0.355 e. The predicted octanol–water partition coefficient (Wildman–Crippen LogP) is 5.28. The molecule has 2 aromatic carbocycles. The van der Waals surface area contributed by atoms with Crippen molar-refractivity contribution in [3.8, 4) is 11.3 Å². The molecule has 0 amide bonds. The Bertz CT molecular complexity index is 1310. The number of rotatable bonds is 6.